The molecule has 1 aromatic heterocycles. The van der Waals surface area contributed by atoms with Crippen LogP contribution in [0.1, 0.15) is 11.1 Å². The molecular weight excluding hydrogens is 326 g/mol. The summed E-state index contributed by atoms with van der Waals surface area (Å²) in [6.45, 7) is 0. The molecule has 0 saturated heterocycles. The van der Waals surface area contributed by atoms with Gasteiger partial charge in [0.2, 0.25) is 0 Å². The van der Waals surface area contributed by atoms with Gasteiger partial charge in [0.15, 0.2) is 0 Å². The Morgan fingerprint density at radius 3 is 2.40 bits per heavy atom. The maximum Gasteiger partial charge on any atom is 0.129 e. The first-order valence-corrected chi connectivity index (χ1v) is 8.76. The highest BCUT2D eigenvalue weighted by Crippen LogP contribution is 2.36. The molecule has 0 spiro atoms. The molecule has 0 N–H and O–H groups in total. The molecule has 120 valence electrons. The number of fused-ring (bicyclic) bond motifs is 1. The fourth-order valence-corrected chi connectivity index (χ4v) is 3.59. The Morgan fingerprint density at radius 2 is 1.60 bits per heavy atom. The van der Waals surface area contributed by atoms with Crippen LogP contribution in [0.15, 0.2) is 72.8 Å². The molecule has 0 unspecified atom stereocenters. The summed E-state index contributed by atoms with van der Waals surface area (Å²) >= 11 is 1.66. The molecule has 0 amide bonds. The molecule has 0 bridgehead atoms. The van der Waals surface area contributed by atoms with Gasteiger partial charge in [-0.25, -0.2) is 4.98 Å². The number of nitrogens with zero attached hydrogens (tertiary/aromatic N) is 1. The van der Waals surface area contributed by atoms with Gasteiger partial charge in [0, 0.05) is 11.1 Å². The molecule has 4 aromatic rings. The van der Waals surface area contributed by atoms with E-state index in [0.717, 1.165) is 33.0 Å². The predicted octanol–water partition coefficient (Wildman–Crippen LogP) is 5.37. The summed E-state index contributed by atoms with van der Waals surface area (Å²) in [6, 6.07) is 24.1. The minimum Gasteiger partial charge on any atom is -0.496 e. The summed E-state index contributed by atoms with van der Waals surface area (Å²) in [5.74, 6) is 7.23. The first-order valence-electron chi connectivity index (χ1n) is 7.94. The minimum absolute atomic E-state index is 0.810. The molecule has 0 fully saturated rings. The van der Waals surface area contributed by atoms with E-state index in [1.807, 2.05) is 66.7 Å². The zero-order valence-electron chi connectivity index (χ0n) is 13.7. The van der Waals surface area contributed by atoms with Crippen molar-refractivity contribution in [3.63, 3.8) is 0 Å². The van der Waals surface area contributed by atoms with Crippen LogP contribution in [0.2, 0.25) is 0 Å². The number of ether oxygens (including phenoxy) is 1. The molecule has 0 aliphatic rings. The molecular formula is C22H15NOS. The second-order valence-electron chi connectivity index (χ2n) is 5.52. The quantitative estimate of drug-likeness (QED) is 0.457. The Morgan fingerprint density at radius 1 is 0.840 bits per heavy atom. The first-order chi connectivity index (χ1) is 12.3. The third-order valence-corrected chi connectivity index (χ3v) is 4.92. The van der Waals surface area contributed by atoms with E-state index in [4.69, 9.17) is 9.72 Å². The third-order valence-electron chi connectivity index (χ3n) is 3.85. The number of hydrogen-bond acceptors (Lipinski definition) is 3. The molecule has 0 aliphatic carbocycles. The van der Waals surface area contributed by atoms with E-state index in [2.05, 4.69) is 17.9 Å². The van der Waals surface area contributed by atoms with E-state index >= 15 is 0 Å². The van der Waals surface area contributed by atoms with Crippen LogP contribution >= 0.6 is 11.3 Å². The molecule has 1 heterocycles. The van der Waals surface area contributed by atoms with E-state index in [1.165, 1.54) is 4.70 Å². The molecule has 0 aliphatic heterocycles. The van der Waals surface area contributed by atoms with Crippen molar-refractivity contribution < 1.29 is 4.74 Å². The van der Waals surface area contributed by atoms with Crippen LogP contribution in [0, 0.1) is 11.8 Å². The lowest BCUT2D eigenvalue weighted by molar-refractivity contribution is 0.416. The molecule has 0 atom stereocenters. The maximum absolute atomic E-state index is 5.53. The van der Waals surface area contributed by atoms with Crippen LogP contribution in [0.3, 0.4) is 0 Å². The van der Waals surface area contributed by atoms with Crippen LogP contribution in [0.25, 0.3) is 20.8 Å². The first kappa shape index (κ1) is 15.4. The van der Waals surface area contributed by atoms with Crippen LogP contribution in [0.5, 0.6) is 5.75 Å². The van der Waals surface area contributed by atoms with Crippen molar-refractivity contribution in [2.75, 3.05) is 7.11 Å². The van der Waals surface area contributed by atoms with Crippen molar-refractivity contribution in [3.8, 4) is 28.2 Å². The standard InChI is InChI=1S/C22H15NOS/c1-24-20-14-13-17(12-11-16-7-3-2-4-8-16)15-18(20)22-23-19-9-5-6-10-21(19)25-22/h2-10,13-15H,1H3. The Kier molecular flexibility index (Phi) is 4.20. The lowest BCUT2D eigenvalue weighted by Gasteiger charge is -2.06. The number of aromatic nitrogens is 1. The number of hydrogen-bond donors (Lipinski definition) is 0. The lowest BCUT2D eigenvalue weighted by atomic mass is 10.1. The van der Waals surface area contributed by atoms with Crippen molar-refractivity contribution in [1.82, 2.24) is 4.98 Å². The molecule has 2 nitrogen and oxygen atoms in total. The van der Waals surface area contributed by atoms with Gasteiger partial charge in [-0.15, -0.1) is 11.3 Å². The van der Waals surface area contributed by atoms with E-state index in [-0.39, 0.29) is 0 Å². The van der Waals surface area contributed by atoms with E-state index in [0.29, 0.717) is 0 Å². The fraction of sp³-hybridized carbons (Fsp3) is 0.0455. The van der Waals surface area contributed by atoms with Crippen LogP contribution < -0.4 is 4.74 Å². The Labute approximate surface area is 150 Å². The number of para-hydroxylation sites is 1. The average Bonchev–Trinajstić information content (AvgIpc) is 3.11. The van der Waals surface area contributed by atoms with E-state index in [1.54, 1.807) is 18.4 Å². The largest absolute Gasteiger partial charge is 0.496 e. The normalized spacial score (nSPS) is 10.3. The van der Waals surface area contributed by atoms with Crippen molar-refractivity contribution in [2.24, 2.45) is 0 Å². The van der Waals surface area contributed by atoms with Gasteiger partial charge in [-0.2, -0.15) is 0 Å². The van der Waals surface area contributed by atoms with Crippen LogP contribution in [0.4, 0.5) is 0 Å². The molecule has 3 aromatic carbocycles. The zero-order valence-corrected chi connectivity index (χ0v) is 14.5. The predicted molar refractivity (Wildman–Crippen MR) is 104 cm³/mol. The lowest BCUT2D eigenvalue weighted by Crippen LogP contribution is -1.89. The van der Waals surface area contributed by atoms with Gasteiger partial charge in [-0.3, -0.25) is 0 Å². The number of benzene rings is 3. The van der Waals surface area contributed by atoms with Gasteiger partial charge < -0.3 is 4.74 Å². The summed E-state index contributed by atoms with van der Waals surface area (Å²) in [6.07, 6.45) is 0. The Balaban J connectivity index is 1.77. The molecule has 3 heteroatoms. The maximum atomic E-state index is 5.53. The van der Waals surface area contributed by atoms with E-state index in [9.17, 15) is 0 Å². The van der Waals surface area contributed by atoms with Crippen molar-refractivity contribution in [3.05, 3.63) is 83.9 Å². The minimum atomic E-state index is 0.810. The SMILES string of the molecule is COc1ccc(C#Cc2ccccc2)cc1-c1nc2ccccc2s1. The molecule has 0 radical (unpaired) electrons. The summed E-state index contributed by atoms with van der Waals surface area (Å²) in [5, 5.41) is 0.946. The second-order valence-corrected chi connectivity index (χ2v) is 6.55. The van der Waals surface area contributed by atoms with Gasteiger partial charge >= 0.3 is 0 Å². The van der Waals surface area contributed by atoms with Gasteiger partial charge in [0.1, 0.15) is 10.8 Å². The average molecular weight is 341 g/mol. The summed E-state index contributed by atoms with van der Waals surface area (Å²) < 4.78 is 6.70. The Bertz CT molecular complexity index is 1050. The van der Waals surface area contributed by atoms with Crippen molar-refractivity contribution >= 4 is 21.6 Å². The fourth-order valence-electron chi connectivity index (χ4n) is 2.61. The summed E-state index contributed by atoms with van der Waals surface area (Å²) in [4.78, 5) is 4.74. The van der Waals surface area contributed by atoms with Gasteiger partial charge in [0.25, 0.3) is 0 Å². The van der Waals surface area contributed by atoms with Crippen molar-refractivity contribution in [2.45, 2.75) is 0 Å². The molecule has 25 heavy (non-hydrogen) atoms. The molecule has 0 saturated carbocycles. The topological polar surface area (TPSA) is 22.1 Å². The second kappa shape index (κ2) is 6.80. The molecule has 4 rings (SSSR count). The van der Waals surface area contributed by atoms with Gasteiger partial charge in [0.05, 0.1) is 22.9 Å². The Hall–Kier alpha value is -3.09. The zero-order chi connectivity index (χ0) is 17.1. The number of rotatable bonds is 2. The number of methoxy groups -OCH3 is 1. The highest BCUT2D eigenvalue weighted by atomic mass is 32.1. The van der Waals surface area contributed by atoms with E-state index < -0.39 is 0 Å². The smallest absolute Gasteiger partial charge is 0.129 e. The highest BCUT2D eigenvalue weighted by Gasteiger charge is 2.11. The summed E-state index contributed by atoms with van der Waals surface area (Å²) in [5.41, 5.74) is 3.92. The monoisotopic (exact) mass is 341 g/mol. The van der Waals surface area contributed by atoms with Crippen LogP contribution in [-0.2, 0) is 0 Å². The third kappa shape index (κ3) is 3.26. The number of thiazole rings is 1. The summed E-state index contributed by atoms with van der Waals surface area (Å²) in [7, 11) is 1.68. The van der Waals surface area contributed by atoms with Crippen molar-refractivity contribution in [1.29, 1.82) is 0 Å². The van der Waals surface area contributed by atoms with Gasteiger partial charge in [-0.05, 0) is 42.5 Å². The highest BCUT2D eigenvalue weighted by molar-refractivity contribution is 7.21. The van der Waals surface area contributed by atoms with Gasteiger partial charge in [-0.1, -0.05) is 42.2 Å². The van der Waals surface area contributed by atoms with Crippen LogP contribution in [-0.4, -0.2) is 12.1 Å².